The van der Waals surface area contributed by atoms with Gasteiger partial charge in [-0.15, -0.1) is 0 Å². The summed E-state index contributed by atoms with van der Waals surface area (Å²) in [5.74, 6) is 1.12. The summed E-state index contributed by atoms with van der Waals surface area (Å²) in [6, 6.07) is 12.5. The van der Waals surface area contributed by atoms with E-state index in [4.69, 9.17) is 4.74 Å². The van der Waals surface area contributed by atoms with Crippen LogP contribution in [0.5, 0.6) is 5.75 Å². The fraction of sp³-hybridized carbons (Fsp3) is 0.381. The highest BCUT2D eigenvalue weighted by molar-refractivity contribution is 5.76. The maximum Gasteiger partial charge on any atom is 0.220 e. The topological polar surface area (TPSA) is 50.4 Å². The van der Waals surface area contributed by atoms with Crippen molar-refractivity contribution in [1.29, 1.82) is 0 Å². The number of methoxy groups -OCH3 is 1. The largest absolute Gasteiger partial charge is 0.496 e. The molecule has 1 aliphatic rings. The van der Waals surface area contributed by atoms with Gasteiger partial charge in [0.15, 0.2) is 0 Å². The fourth-order valence-electron chi connectivity index (χ4n) is 3.53. The van der Waals surface area contributed by atoms with E-state index >= 15 is 0 Å². The van der Waals surface area contributed by atoms with E-state index in [1.165, 1.54) is 6.07 Å². The summed E-state index contributed by atoms with van der Waals surface area (Å²) < 4.78 is 18.8. The summed E-state index contributed by atoms with van der Waals surface area (Å²) in [7, 11) is 1.62. The second-order valence-electron chi connectivity index (χ2n) is 6.82. The van der Waals surface area contributed by atoms with Gasteiger partial charge in [0.1, 0.15) is 11.6 Å². The first kappa shape index (κ1) is 18.2. The molecule has 5 heteroatoms. The molecule has 0 aliphatic carbocycles. The van der Waals surface area contributed by atoms with Crippen LogP contribution in [0.4, 0.5) is 10.1 Å². The molecule has 2 aromatic rings. The number of nitrogens with one attached hydrogen (secondary N) is 2. The van der Waals surface area contributed by atoms with Crippen molar-refractivity contribution in [3.05, 3.63) is 59.4 Å². The molecule has 2 atom stereocenters. The van der Waals surface area contributed by atoms with Crippen LogP contribution in [0.1, 0.15) is 36.8 Å². The van der Waals surface area contributed by atoms with Gasteiger partial charge in [-0.05, 0) is 42.2 Å². The molecule has 3 rings (SSSR count). The Kier molecular flexibility index (Phi) is 5.76. The molecule has 0 spiro atoms. The Balaban J connectivity index is 1.50. The number of benzene rings is 2. The highest BCUT2D eigenvalue weighted by Gasteiger charge is 2.27. The third-order valence-corrected chi connectivity index (χ3v) is 5.11. The van der Waals surface area contributed by atoms with Gasteiger partial charge in [0.05, 0.1) is 7.11 Å². The summed E-state index contributed by atoms with van der Waals surface area (Å²) in [5, 5.41) is 6.28. The van der Waals surface area contributed by atoms with E-state index in [0.717, 1.165) is 35.5 Å². The number of hydrogen-bond acceptors (Lipinski definition) is 3. The minimum Gasteiger partial charge on any atom is -0.496 e. The summed E-state index contributed by atoms with van der Waals surface area (Å²) in [6.45, 7) is 3.37. The molecule has 26 heavy (non-hydrogen) atoms. The van der Waals surface area contributed by atoms with Crippen molar-refractivity contribution in [3.8, 4) is 5.75 Å². The van der Waals surface area contributed by atoms with Crippen LogP contribution in [-0.2, 0) is 11.3 Å². The molecule has 0 fully saturated rings. The van der Waals surface area contributed by atoms with E-state index in [-0.39, 0.29) is 17.6 Å². The number of para-hydroxylation sites is 1. The third kappa shape index (κ3) is 4.15. The lowest BCUT2D eigenvalue weighted by Gasteiger charge is -2.19. The molecule has 0 aromatic heterocycles. The molecular formula is C21H25FN2O2. The summed E-state index contributed by atoms with van der Waals surface area (Å²) >= 11 is 0. The minimum atomic E-state index is -0.209. The predicted octanol–water partition coefficient (Wildman–Crippen LogP) is 4.08. The van der Waals surface area contributed by atoms with Crippen LogP contribution >= 0.6 is 0 Å². The van der Waals surface area contributed by atoms with E-state index in [0.29, 0.717) is 18.9 Å². The number of hydrogen-bond donors (Lipinski definition) is 2. The van der Waals surface area contributed by atoms with Gasteiger partial charge in [0, 0.05) is 36.7 Å². The highest BCUT2D eigenvalue weighted by atomic mass is 19.1. The zero-order valence-electron chi connectivity index (χ0n) is 15.2. The fourth-order valence-corrected chi connectivity index (χ4v) is 3.53. The monoisotopic (exact) mass is 356 g/mol. The molecular weight excluding hydrogens is 331 g/mol. The number of carbonyl (C=O) groups is 1. The zero-order valence-corrected chi connectivity index (χ0v) is 15.2. The van der Waals surface area contributed by atoms with Crippen LogP contribution in [0.15, 0.2) is 42.5 Å². The number of halogens is 1. The number of anilines is 1. The Morgan fingerprint density at radius 2 is 2.15 bits per heavy atom. The summed E-state index contributed by atoms with van der Waals surface area (Å²) in [5.41, 5.74) is 2.98. The lowest BCUT2D eigenvalue weighted by atomic mass is 9.86. The normalized spacial score (nSPS) is 16.5. The van der Waals surface area contributed by atoms with Crippen molar-refractivity contribution in [1.82, 2.24) is 5.32 Å². The Bertz CT molecular complexity index is 778. The van der Waals surface area contributed by atoms with Crippen LogP contribution in [-0.4, -0.2) is 19.6 Å². The Hall–Kier alpha value is -2.56. The Labute approximate surface area is 153 Å². The molecule has 2 N–H and O–H groups in total. The van der Waals surface area contributed by atoms with Gasteiger partial charge in [-0.25, -0.2) is 4.39 Å². The van der Waals surface area contributed by atoms with E-state index in [9.17, 15) is 9.18 Å². The van der Waals surface area contributed by atoms with Crippen LogP contribution in [0.3, 0.4) is 0 Å². The number of ether oxygens (including phenoxy) is 1. The lowest BCUT2D eigenvalue weighted by molar-refractivity contribution is -0.121. The smallest absolute Gasteiger partial charge is 0.220 e. The first-order valence-corrected chi connectivity index (χ1v) is 9.00. The molecule has 138 valence electrons. The molecule has 1 amide bonds. The molecule has 2 unspecified atom stereocenters. The predicted molar refractivity (Wildman–Crippen MR) is 101 cm³/mol. The Morgan fingerprint density at radius 3 is 2.96 bits per heavy atom. The molecule has 0 saturated carbocycles. The number of carbonyl (C=O) groups excluding carboxylic acids is 1. The van der Waals surface area contributed by atoms with Crippen LogP contribution in [0.25, 0.3) is 0 Å². The van der Waals surface area contributed by atoms with Crippen molar-refractivity contribution < 1.29 is 13.9 Å². The van der Waals surface area contributed by atoms with Crippen LogP contribution in [0, 0.1) is 11.7 Å². The number of amides is 1. The van der Waals surface area contributed by atoms with Gasteiger partial charge >= 0.3 is 0 Å². The van der Waals surface area contributed by atoms with Crippen molar-refractivity contribution in [2.24, 2.45) is 5.92 Å². The number of rotatable bonds is 7. The summed E-state index contributed by atoms with van der Waals surface area (Å²) in [4.78, 5) is 12.2. The Morgan fingerprint density at radius 1 is 1.35 bits per heavy atom. The second-order valence-corrected chi connectivity index (χ2v) is 6.82. The molecule has 2 aromatic carbocycles. The van der Waals surface area contributed by atoms with Gasteiger partial charge in [-0.1, -0.05) is 25.1 Å². The van der Waals surface area contributed by atoms with Gasteiger partial charge in [-0.3, -0.25) is 4.79 Å². The third-order valence-electron chi connectivity index (χ3n) is 5.11. The maximum absolute atomic E-state index is 13.5. The summed E-state index contributed by atoms with van der Waals surface area (Å²) in [6.07, 6.45) is 1.22. The van der Waals surface area contributed by atoms with Crippen molar-refractivity contribution in [3.63, 3.8) is 0 Å². The molecule has 0 bridgehead atoms. The van der Waals surface area contributed by atoms with Crippen molar-refractivity contribution in [2.45, 2.75) is 32.2 Å². The lowest BCUT2D eigenvalue weighted by Crippen LogP contribution is -2.24. The second kappa shape index (κ2) is 8.21. The standard InChI is InChI=1S/C21H25FN2O2/c1-14(18-13-23-19-9-8-16(22)11-17(18)19)7-10-21(25)24-12-15-5-3-4-6-20(15)26-2/h3-6,8-9,11,14,18,23H,7,10,12-13H2,1-2H3,(H,24,25). The molecule has 1 heterocycles. The molecule has 1 aliphatic heterocycles. The maximum atomic E-state index is 13.5. The number of fused-ring (bicyclic) bond motifs is 1. The van der Waals surface area contributed by atoms with Crippen LogP contribution in [0.2, 0.25) is 0 Å². The average Bonchev–Trinajstić information content (AvgIpc) is 3.07. The first-order chi connectivity index (χ1) is 12.6. The van der Waals surface area contributed by atoms with Gasteiger partial charge in [0.2, 0.25) is 5.91 Å². The minimum absolute atomic E-state index is 0.0215. The molecule has 0 radical (unpaired) electrons. The zero-order chi connectivity index (χ0) is 18.5. The van der Waals surface area contributed by atoms with E-state index in [1.807, 2.05) is 24.3 Å². The van der Waals surface area contributed by atoms with E-state index in [1.54, 1.807) is 19.2 Å². The molecule has 0 saturated heterocycles. The average molecular weight is 356 g/mol. The van der Waals surface area contributed by atoms with Crippen molar-refractivity contribution >= 4 is 11.6 Å². The van der Waals surface area contributed by atoms with Crippen molar-refractivity contribution in [2.75, 3.05) is 19.0 Å². The van der Waals surface area contributed by atoms with Gasteiger partial charge in [0.25, 0.3) is 0 Å². The van der Waals surface area contributed by atoms with Gasteiger partial charge < -0.3 is 15.4 Å². The van der Waals surface area contributed by atoms with E-state index < -0.39 is 0 Å². The van der Waals surface area contributed by atoms with Crippen LogP contribution < -0.4 is 15.4 Å². The first-order valence-electron chi connectivity index (χ1n) is 9.00. The quantitative estimate of drug-likeness (QED) is 0.786. The van der Waals surface area contributed by atoms with Gasteiger partial charge in [-0.2, -0.15) is 0 Å². The SMILES string of the molecule is COc1ccccc1CNC(=O)CCC(C)C1CNc2ccc(F)cc21. The molecule has 4 nitrogen and oxygen atoms in total. The van der Waals surface area contributed by atoms with E-state index in [2.05, 4.69) is 17.6 Å². The highest BCUT2D eigenvalue weighted by Crippen LogP contribution is 2.38.